The van der Waals surface area contributed by atoms with Gasteiger partial charge in [-0.2, -0.15) is 0 Å². The lowest BCUT2D eigenvalue weighted by atomic mass is 9.92. The third-order valence-electron chi connectivity index (χ3n) is 3.46. The Morgan fingerprint density at radius 1 is 1.23 bits per heavy atom. The van der Waals surface area contributed by atoms with Crippen LogP contribution in [0.5, 0.6) is 0 Å². The fourth-order valence-corrected chi connectivity index (χ4v) is 2.95. The number of thiophene rings is 1. The van der Waals surface area contributed by atoms with Gasteiger partial charge in [0.25, 0.3) is 5.91 Å². The summed E-state index contributed by atoms with van der Waals surface area (Å²) in [4.78, 5) is 13.1. The van der Waals surface area contributed by atoms with E-state index in [-0.39, 0.29) is 17.5 Å². The summed E-state index contributed by atoms with van der Waals surface area (Å²) >= 11 is 1.43. The van der Waals surface area contributed by atoms with E-state index in [2.05, 4.69) is 36.4 Å². The molecule has 1 atom stereocenters. The predicted molar refractivity (Wildman–Crippen MR) is 87.8 cm³/mol. The summed E-state index contributed by atoms with van der Waals surface area (Å²) in [5.41, 5.74) is 1.53. The average Bonchev–Trinajstić information content (AvgIpc) is 3.13. The van der Waals surface area contributed by atoms with E-state index in [9.17, 15) is 4.79 Å². The van der Waals surface area contributed by atoms with E-state index < -0.39 is 0 Å². The second-order valence-electron chi connectivity index (χ2n) is 6.24. The second kappa shape index (κ2) is 5.53. The first-order chi connectivity index (χ1) is 10.5. The Morgan fingerprint density at radius 3 is 2.68 bits per heavy atom. The normalized spacial score (nSPS) is 13.2. The van der Waals surface area contributed by atoms with Gasteiger partial charge in [0, 0.05) is 5.41 Å². The molecule has 0 spiro atoms. The summed E-state index contributed by atoms with van der Waals surface area (Å²) in [5.74, 6) is -0.0884. The number of fused-ring (bicyclic) bond motifs is 1. The number of carbonyl (C=O) groups excluding carboxylic acids is 1. The first-order valence-corrected chi connectivity index (χ1v) is 7.99. The van der Waals surface area contributed by atoms with Crippen LogP contribution in [-0.4, -0.2) is 20.9 Å². The van der Waals surface area contributed by atoms with Crippen LogP contribution in [0, 0.1) is 5.41 Å². The Labute approximate surface area is 133 Å². The third-order valence-corrected chi connectivity index (χ3v) is 4.32. The van der Waals surface area contributed by atoms with Crippen LogP contribution < -0.4 is 5.32 Å². The van der Waals surface area contributed by atoms with E-state index in [1.807, 2.05) is 41.8 Å². The highest BCUT2D eigenvalue weighted by Crippen LogP contribution is 2.30. The van der Waals surface area contributed by atoms with Crippen LogP contribution in [0.2, 0.25) is 0 Å². The molecule has 0 saturated heterocycles. The summed E-state index contributed by atoms with van der Waals surface area (Å²) < 4.78 is 1.79. The van der Waals surface area contributed by atoms with E-state index >= 15 is 0 Å². The maximum absolute atomic E-state index is 12.4. The van der Waals surface area contributed by atoms with Gasteiger partial charge >= 0.3 is 0 Å². The molecular formula is C16H18N4OS. The first kappa shape index (κ1) is 14.7. The molecule has 5 nitrogen and oxygen atoms in total. The smallest absolute Gasteiger partial charge is 0.263 e. The van der Waals surface area contributed by atoms with Crippen LogP contribution in [0.25, 0.3) is 11.0 Å². The number of aromatic nitrogens is 3. The van der Waals surface area contributed by atoms with Crippen molar-refractivity contribution in [1.82, 2.24) is 20.3 Å². The second-order valence-corrected chi connectivity index (χ2v) is 7.19. The number of rotatable bonds is 3. The van der Waals surface area contributed by atoms with Gasteiger partial charge in [-0.15, -0.1) is 16.4 Å². The highest BCUT2D eigenvalue weighted by molar-refractivity contribution is 7.12. The molecule has 0 saturated carbocycles. The maximum atomic E-state index is 12.4. The van der Waals surface area contributed by atoms with Gasteiger partial charge in [-0.05, 0) is 23.6 Å². The molecule has 1 unspecified atom stereocenters. The molecule has 0 bridgehead atoms. The fourth-order valence-electron chi connectivity index (χ4n) is 2.33. The Kier molecular flexibility index (Phi) is 3.70. The van der Waals surface area contributed by atoms with Crippen molar-refractivity contribution in [3.63, 3.8) is 0 Å². The largest absolute Gasteiger partial charge is 0.329 e. The summed E-state index contributed by atoms with van der Waals surface area (Å²) in [7, 11) is 0. The average molecular weight is 314 g/mol. The zero-order chi connectivity index (χ0) is 15.7. The minimum Gasteiger partial charge on any atom is -0.329 e. The zero-order valence-corrected chi connectivity index (χ0v) is 13.6. The molecule has 3 rings (SSSR count). The van der Waals surface area contributed by atoms with Crippen LogP contribution in [0.1, 0.15) is 36.6 Å². The fraction of sp³-hybridized carbons (Fsp3) is 0.312. The van der Waals surface area contributed by atoms with Crippen molar-refractivity contribution < 1.29 is 4.79 Å². The lowest BCUT2D eigenvalue weighted by molar-refractivity contribution is 0.0847. The molecule has 0 fully saturated rings. The minimum atomic E-state index is -0.283. The molecule has 1 aromatic carbocycles. The van der Waals surface area contributed by atoms with Gasteiger partial charge in [0.15, 0.2) is 0 Å². The molecule has 0 radical (unpaired) electrons. The van der Waals surface area contributed by atoms with Crippen molar-refractivity contribution >= 4 is 28.3 Å². The highest BCUT2D eigenvalue weighted by Gasteiger charge is 2.30. The standard InChI is InChI=1S/C16H18N4OS/c1-16(2,3)15(17-14(21)13-9-6-10-22-13)20-12-8-5-4-7-11(12)18-19-20/h4-10,15H,1-3H3,(H,17,21). The summed E-state index contributed by atoms with van der Waals surface area (Å²) in [5, 5.41) is 13.4. The zero-order valence-electron chi connectivity index (χ0n) is 12.8. The lowest BCUT2D eigenvalue weighted by Crippen LogP contribution is -2.40. The van der Waals surface area contributed by atoms with Crippen molar-refractivity contribution in [3.05, 3.63) is 46.7 Å². The molecular weight excluding hydrogens is 296 g/mol. The number of hydrogen-bond acceptors (Lipinski definition) is 4. The molecule has 22 heavy (non-hydrogen) atoms. The minimum absolute atomic E-state index is 0.0884. The van der Waals surface area contributed by atoms with Crippen molar-refractivity contribution in [2.75, 3.05) is 0 Å². The number of nitrogens with one attached hydrogen (secondary N) is 1. The summed E-state index contributed by atoms with van der Waals surface area (Å²) in [6.07, 6.45) is -0.283. The highest BCUT2D eigenvalue weighted by atomic mass is 32.1. The van der Waals surface area contributed by atoms with E-state index in [0.717, 1.165) is 11.0 Å². The first-order valence-electron chi connectivity index (χ1n) is 7.11. The van der Waals surface area contributed by atoms with Gasteiger partial charge in [-0.25, -0.2) is 4.68 Å². The molecule has 1 amide bonds. The Hall–Kier alpha value is -2.21. The van der Waals surface area contributed by atoms with E-state index in [4.69, 9.17) is 0 Å². The van der Waals surface area contributed by atoms with Gasteiger partial charge in [-0.3, -0.25) is 4.79 Å². The number of para-hydroxylation sites is 1. The molecule has 2 aromatic heterocycles. The summed E-state index contributed by atoms with van der Waals surface area (Å²) in [6.45, 7) is 6.22. The van der Waals surface area contributed by atoms with Gasteiger partial charge in [0.2, 0.25) is 0 Å². The SMILES string of the molecule is CC(C)(C)C(NC(=O)c1cccs1)n1nnc2ccccc21. The summed E-state index contributed by atoms with van der Waals surface area (Å²) in [6, 6.07) is 11.4. The predicted octanol–water partition coefficient (Wildman–Crippen LogP) is 3.47. The number of benzene rings is 1. The van der Waals surface area contributed by atoms with Crippen LogP contribution in [0.4, 0.5) is 0 Å². The van der Waals surface area contributed by atoms with Crippen LogP contribution >= 0.6 is 11.3 Å². The molecule has 2 heterocycles. The molecule has 114 valence electrons. The monoisotopic (exact) mass is 314 g/mol. The topological polar surface area (TPSA) is 59.8 Å². The van der Waals surface area contributed by atoms with Crippen molar-refractivity contribution in [2.24, 2.45) is 5.41 Å². The van der Waals surface area contributed by atoms with Crippen LogP contribution in [-0.2, 0) is 0 Å². The van der Waals surface area contributed by atoms with E-state index in [1.165, 1.54) is 11.3 Å². The van der Waals surface area contributed by atoms with Gasteiger partial charge in [0.1, 0.15) is 11.7 Å². The van der Waals surface area contributed by atoms with Gasteiger partial charge < -0.3 is 5.32 Å². The van der Waals surface area contributed by atoms with E-state index in [0.29, 0.717) is 4.88 Å². The molecule has 3 aromatic rings. The molecule has 0 aliphatic heterocycles. The number of hydrogen-bond donors (Lipinski definition) is 1. The quantitative estimate of drug-likeness (QED) is 0.805. The van der Waals surface area contributed by atoms with Crippen molar-refractivity contribution in [3.8, 4) is 0 Å². The molecule has 1 N–H and O–H groups in total. The van der Waals surface area contributed by atoms with Gasteiger partial charge in [0.05, 0.1) is 10.4 Å². The molecule has 0 aliphatic rings. The number of nitrogens with zero attached hydrogens (tertiary/aromatic N) is 3. The maximum Gasteiger partial charge on any atom is 0.263 e. The van der Waals surface area contributed by atoms with Gasteiger partial charge in [-0.1, -0.05) is 44.2 Å². The Bertz CT molecular complexity index is 786. The molecule has 6 heteroatoms. The third kappa shape index (κ3) is 2.74. The van der Waals surface area contributed by atoms with E-state index in [1.54, 1.807) is 4.68 Å². The number of carbonyl (C=O) groups is 1. The Balaban J connectivity index is 1.99. The lowest BCUT2D eigenvalue weighted by Gasteiger charge is -2.31. The molecule has 0 aliphatic carbocycles. The van der Waals surface area contributed by atoms with Crippen molar-refractivity contribution in [2.45, 2.75) is 26.9 Å². The van der Waals surface area contributed by atoms with Crippen LogP contribution in [0.15, 0.2) is 41.8 Å². The van der Waals surface area contributed by atoms with Crippen LogP contribution in [0.3, 0.4) is 0 Å². The number of amides is 1. The Morgan fingerprint density at radius 2 is 2.00 bits per heavy atom. The van der Waals surface area contributed by atoms with Crippen molar-refractivity contribution in [1.29, 1.82) is 0 Å².